The standard InChI is InChI=1S/C13H14N2O2/c16-13(15-9-11-6-7-14-8-11)10-17-12-4-2-1-3-5-12/h1-8,14H,9-10H2,(H,15,16). The van der Waals surface area contributed by atoms with Crippen molar-refractivity contribution in [2.45, 2.75) is 6.54 Å². The second-order valence-electron chi connectivity index (χ2n) is 3.60. The van der Waals surface area contributed by atoms with Crippen molar-refractivity contribution in [3.8, 4) is 5.75 Å². The van der Waals surface area contributed by atoms with Gasteiger partial charge in [0.2, 0.25) is 0 Å². The lowest BCUT2D eigenvalue weighted by Gasteiger charge is -2.06. The normalized spacial score (nSPS) is 9.88. The van der Waals surface area contributed by atoms with E-state index in [0.29, 0.717) is 12.3 Å². The van der Waals surface area contributed by atoms with E-state index in [4.69, 9.17) is 4.74 Å². The molecular formula is C13H14N2O2. The third-order valence-corrected chi connectivity index (χ3v) is 2.27. The Labute approximate surface area is 99.6 Å². The Kier molecular flexibility index (Phi) is 3.81. The predicted molar refractivity (Wildman–Crippen MR) is 64.6 cm³/mol. The van der Waals surface area contributed by atoms with Crippen LogP contribution >= 0.6 is 0 Å². The highest BCUT2D eigenvalue weighted by Gasteiger charge is 2.02. The zero-order valence-corrected chi connectivity index (χ0v) is 9.35. The molecule has 4 heteroatoms. The van der Waals surface area contributed by atoms with Gasteiger partial charge in [0.25, 0.3) is 5.91 Å². The molecule has 2 rings (SSSR count). The molecular weight excluding hydrogens is 216 g/mol. The van der Waals surface area contributed by atoms with Crippen LogP contribution in [-0.2, 0) is 11.3 Å². The van der Waals surface area contributed by atoms with Crippen molar-refractivity contribution in [3.63, 3.8) is 0 Å². The van der Waals surface area contributed by atoms with E-state index in [0.717, 1.165) is 5.56 Å². The molecule has 0 saturated carbocycles. The van der Waals surface area contributed by atoms with Crippen LogP contribution in [0.5, 0.6) is 5.75 Å². The van der Waals surface area contributed by atoms with Gasteiger partial charge >= 0.3 is 0 Å². The molecule has 0 saturated heterocycles. The fourth-order valence-corrected chi connectivity index (χ4v) is 1.39. The van der Waals surface area contributed by atoms with Gasteiger partial charge in [0, 0.05) is 18.9 Å². The maximum Gasteiger partial charge on any atom is 0.258 e. The third-order valence-electron chi connectivity index (χ3n) is 2.27. The molecule has 0 bridgehead atoms. The SMILES string of the molecule is O=C(COc1ccccc1)NCc1cc[nH]c1. The molecule has 0 aliphatic rings. The Morgan fingerprint density at radius 2 is 2.06 bits per heavy atom. The number of hydrogen-bond donors (Lipinski definition) is 2. The van der Waals surface area contributed by atoms with Crippen molar-refractivity contribution >= 4 is 5.91 Å². The summed E-state index contributed by atoms with van der Waals surface area (Å²) in [6.45, 7) is 0.551. The molecule has 0 fully saturated rings. The molecule has 0 aliphatic heterocycles. The van der Waals surface area contributed by atoms with E-state index in [-0.39, 0.29) is 12.5 Å². The highest BCUT2D eigenvalue weighted by molar-refractivity contribution is 5.77. The number of nitrogens with one attached hydrogen (secondary N) is 2. The number of ether oxygens (including phenoxy) is 1. The molecule has 1 aromatic carbocycles. The summed E-state index contributed by atoms with van der Waals surface area (Å²) >= 11 is 0. The number of carbonyl (C=O) groups is 1. The second kappa shape index (κ2) is 5.75. The Bertz CT molecular complexity index is 452. The van der Waals surface area contributed by atoms with Crippen molar-refractivity contribution in [2.24, 2.45) is 0 Å². The van der Waals surface area contributed by atoms with E-state index >= 15 is 0 Å². The summed E-state index contributed by atoms with van der Waals surface area (Å²) in [5.41, 5.74) is 1.04. The van der Waals surface area contributed by atoms with Gasteiger partial charge in [0.15, 0.2) is 6.61 Å². The molecule has 1 heterocycles. The molecule has 2 aromatic rings. The van der Waals surface area contributed by atoms with Crippen molar-refractivity contribution in [1.82, 2.24) is 10.3 Å². The van der Waals surface area contributed by atoms with Gasteiger partial charge in [-0.25, -0.2) is 0 Å². The van der Waals surface area contributed by atoms with Crippen LogP contribution in [0.4, 0.5) is 0 Å². The van der Waals surface area contributed by atoms with Crippen molar-refractivity contribution in [2.75, 3.05) is 6.61 Å². The van der Waals surface area contributed by atoms with Crippen LogP contribution in [0.15, 0.2) is 48.8 Å². The largest absolute Gasteiger partial charge is 0.484 e. The summed E-state index contributed by atoms with van der Waals surface area (Å²) in [5.74, 6) is 0.569. The molecule has 0 aliphatic carbocycles. The fourth-order valence-electron chi connectivity index (χ4n) is 1.39. The number of hydrogen-bond acceptors (Lipinski definition) is 2. The van der Waals surface area contributed by atoms with Gasteiger partial charge in [0.1, 0.15) is 5.75 Å². The Morgan fingerprint density at radius 1 is 1.24 bits per heavy atom. The van der Waals surface area contributed by atoms with Gasteiger partial charge < -0.3 is 15.0 Å². The Hall–Kier alpha value is -2.23. The number of amides is 1. The first-order chi connectivity index (χ1) is 8.34. The average molecular weight is 230 g/mol. The molecule has 1 amide bonds. The van der Waals surface area contributed by atoms with Gasteiger partial charge in [-0.1, -0.05) is 18.2 Å². The highest BCUT2D eigenvalue weighted by Crippen LogP contribution is 2.07. The molecule has 88 valence electrons. The molecule has 0 unspecified atom stereocenters. The van der Waals surface area contributed by atoms with E-state index in [1.165, 1.54) is 0 Å². The number of rotatable bonds is 5. The van der Waals surface area contributed by atoms with Crippen LogP contribution in [0.1, 0.15) is 5.56 Å². The van der Waals surface area contributed by atoms with Crippen LogP contribution < -0.4 is 10.1 Å². The summed E-state index contributed by atoms with van der Waals surface area (Å²) in [7, 11) is 0. The van der Waals surface area contributed by atoms with E-state index in [9.17, 15) is 4.79 Å². The minimum absolute atomic E-state index is 0.0361. The van der Waals surface area contributed by atoms with E-state index in [2.05, 4.69) is 10.3 Å². The van der Waals surface area contributed by atoms with Gasteiger partial charge in [-0.05, 0) is 23.8 Å². The smallest absolute Gasteiger partial charge is 0.258 e. The molecule has 0 spiro atoms. The van der Waals surface area contributed by atoms with Crippen LogP contribution in [0, 0.1) is 0 Å². The Balaban J connectivity index is 1.71. The first-order valence-electron chi connectivity index (χ1n) is 5.41. The number of para-hydroxylation sites is 1. The lowest BCUT2D eigenvalue weighted by atomic mass is 10.3. The predicted octanol–water partition coefficient (Wildman–Crippen LogP) is 1.71. The van der Waals surface area contributed by atoms with Crippen molar-refractivity contribution < 1.29 is 9.53 Å². The number of benzene rings is 1. The minimum atomic E-state index is -0.130. The van der Waals surface area contributed by atoms with E-state index in [1.807, 2.05) is 48.8 Å². The van der Waals surface area contributed by atoms with Crippen molar-refractivity contribution in [1.29, 1.82) is 0 Å². The number of carbonyl (C=O) groups excluding carboxylic acids is 1. The first-order valence-corrected chi connectivity index (χ1v) is 5.41. The summed E-state index contributed by atoms with van der Waals surface area (Å²) in [6.07, 6.45) is 3.67. The maximum absolute atomic E-state index is 11.5. The van der Waals surface area contributed by atoms with Crippen LogP contribution in [0.25, 0.3) is 0 Å². The molecule has 1 aromatic heterocycles. The van der Waals surface area contributed by atoms with Crippen LogP contribution in [0.3, 0.4) is 0 Å². The molecule has 2 N–H and O–H groups in total. The quantitative estimate of drug-likeness (QED) is 0.821. The lowest BCUT2D eigenvalue weighted by molar-refractivity contribution is -0.123. The van der Waals surface area contributed by atoms with E-state index < -0.39 is 0 Å². The molecule has 17 heavy (non-hydrogen) atoms. The number of H-pyrrole nitrogens is 1. The Morgan fingerprint density at radius 3 is 2.76 bits per heavy atom. The van der Waals surface area contributed by atoms with Gasteiger partial charge in [-0.15, -0.1) is 0 Å². The summed E-state index contributed by atoms with van der Waals surface area (Å²) in [4.78, 5) is 14.4. The van der Waals surface area contributed by atoms with Gasteiger partial charge in [-0.2, -0.15) is 0 Å². The summed E-state index contributed by atoms with van der Waals surface area (Å²) < 4.78 is 5.32. The van der Waals surface area contributed by atoms with Crippen molar-refractivity contribution in [3.05, 3.63) is 54.4 Å². The lowest BCUT2D eigenvalue weighted by Crippen LogP contribution is -2.28. The molecule has 0 radical (unpaired) electrons. The average Bonchev–Trinajstić information content (AvgIpc) is 2.88. The summed E-state index contributed by atoms with van der Waals surface area (Å²) in [6, 6.07) is 11.2. The maximum atomic E-state index is 11.5. The first kappa shape index (κ1) is 11.3. The summed E-state index contributed by atoms with van der Waals surface area (Å²) in [5, 5.41) is 2.77. The minimum Gasteiger partial charge on any atom is -0.484 e. The zero-order valence-electron chi connectivity index (χ0n) is 9.35. The third kappa shape index (κ3) is 3.68. The number of aromatic amines is 1. The monoisotopic (exact) mass is 230 g/mol. The van der Waals surface area contributed by atoms with E-state index in [1.54, 1.807) is 0 Å². The topological polar surface area (TPSA) is 54.1 Å². The van der Waals surface area contributed by atoms with Gasteiger partial charge in [0.05, 0.1) is 0 Å². The van der Waals surface area contributed by atoms with Gasteiger partial charge in [-0.3, -0.25) is 4.79 Å². The van der Waals surface area contributed by atoms with Crippen LogP contribution in [-0.4, -0.2) is 17.5 Å². The fraction of sp³-hybridized carbons (Fsp3) is 0.154. The number of aromatic nitrogens is 1. The zero-order chi connectivity index (χ0) is 11.9. The highest BCUT2D eigenvalue weighted by atomic mass is 16.5. The second-order valence-corrected chi connectivity index (χ2v) is 3.60. The molecule has 4 nitrogen and oxygen atoms in total. The van der Waals surface area contributed by atoms with Crippen LogP contribution in [0.2, 0.25) is 0 Å². The molecule has 0 atom stereocenters.